The summed E-state index contributed by atoms with van der Waals surface area (Å²) < 4.78 is 6.61. The number of halogens is 2. The van der Waals surface area contributed by atoms with E-state index in [1.165, 1.54) is 10.9 Å². The highest BCUT2D eigenvalue weighted by molar-refractivity contribution is 6.41. The van der Waals surface area contributed by atoms with Crippen molar-refractivity contribution in [2.24, 2.45) is 0 Å². The molecular formula is C10H13Cl2N3O2. The van der Waals surface area contributed by atoms with Crippen LogP contribution < -0.4 is 5.56 Å². The molecule has 0 aliphatic carbocycles. The molecule has 2 rings (SSSR count). The minimum atomic E-state index is -0.363. The van der Waals surface area contributed by atoms with E-state index < -0.39 is 0 Å². The molecule has 1 aromatic heterocycles. The number of ether oxygens (including phenoxy) is 1. The van der Waals surface area contributed by atoms with Gasteiger partial charge in [0.25, 0.3) is 5.56 Å². The van der Waals surface area contributed by atoms with Gasteiger partial charge in [-0.2, -0.15) is 5.10 Å². The topological polar surface area (TPSA) is 47.4 Å². The Kier molecular flexibility index (Phi) is 4.04. The zero-order valence-corrected chi connectivity index (χ0v) is 10.9. The Hall–Kier alpha value is -0.620. The smallest absolute Gasteiger partial charge is 0.288 e. The van der Waals surface area contributed by atoms with Crippen LogP contribution in [0.1, 0.15) is 13.1 Å². The predicted molar refractivity (Wildman–Crippen MR) is 65.6 cm³/mol. The second kappa shape index (κ2) is 5.35. The number of hydrogen-bond donors (Lipinski definition) is 0. The van der Waals surface area contributed by atoms with Gasteiger partial charge < -0.3 is 4.74 Å². The largest absolute Gasteiger partial charge is 0.379 e. The highest BCUT2D eigenvalue weighted by atomic mass is 35.5. The Bertz CT molecular complexity index is 457. The fraction of sp³-hybridized carbons (Fsp3) is 0.600. The lowest BCUT2D eigenvalue weighted by Crippen LogP contribution is -2.43. The average molecular weight is 278 g/mol. The van der Waals surface area contributed by atoms with Crippen molar-refractivity contribution < 1.29 is 4.74 Å². The van der Waals surface area contributed by atoms with Gasteiger partial charge >= 0.3 is 0 Å². The standard InChI is InChI=1S/C10H13Cl2N3O2/c1-7(14-2-4-17-5-3-14)15-10(16)9(12)8(11)6-13-15/h6-7H,2-5H2,1H3. The second-order valence-electron chi connectivity index (χ2n) is 3.84. The molecule has 1 aliphatic heterocycles. The lowest BCUT2D eigenvalue weighted by atomic mass is 10.3. The van der Waals surface area contributed by atoms with E-state index in [4.69, 9.17) is 27.9 Å². The molecule has 2 heterocycles. The van der Waals surface area contributed by atoms with Crippen molar-refractivity contribution in [2.75, 3.05) is 26.3 Å². The molecule has 5 nitrogen and oxygen atoms in total. The van der Waals surface area contributed by atoms with Gasteiger partial charge in [0.1, 0.15) is 11.2 Å². The van der Waals surface area contributed by atoms with Gasteiger partial charge in [-0.05, 0) is 6.92 Å². The van der Waals surface area contributed by atoms with Crippen molar-refractivity contribution in [3.8, 4) is 0 Å². The molecule has 1 saturated heterocycles. The van der Waals surface area contributed by atoms with Crippen LogP contribution in [0.2, 0.25) is 10.0 Å². The molecule has 0 radical (unpaired) electrons. The highest BCUT2D eigenvalue weighted by Crippen LogP contribution is 2.17. The van der Waals surface area contributed by atoms with Crippen molar-refractivity contribution in [2.45, 2.75) is 13.1 Å². The molecule has 0 saturated carbocycles. The number of hydrogen-bond acceptors (Lipinski definition) is 4. The summed E-state index contributed by atoms with van der Waals surface area (Å²) in [5.41, 5.74) is -0.363. The molecule has 0 amide bonds. The summed E-state index contributed by atoms with van der Waals surface area (Å²) in [6.45, 7) is 4.79. The summed E-state index contributed by atoms with van der Waals surface area (Å²) >= 11 is 11.6. The third kappa shape index (κ3) is 2.63. The molecule has 1 aromatic rings. The zero-order chi connectivity index (χ0) is 12.4. The van der Waals surface area contributed by atoms with E-state index in [-0.39, 0.29) is 21.8 Å². The maximum absolute atomic E-state index is 11.9. The fourth-order valence-corrected chi connectivity index (χ4v) is 2.06. The van der Waals surface area contributed by atoms with Crippen molar-refractivity contribution in [3.63, 3.8) is 0 Å². The molecule has 1 aliphatic rings. The van der Waals surface area contributed by atoms with Crippen molar-refractivity contribution >= 4 is 23.2 Å². The highest BCUT2D eigenvalue weighted by Gasteiger charge is 2.21. The second-order valence-corrected chi connectivity index (χ2v) is 4.62. The molecule has 1 fully saturated rings. The van der Waals surface area contributed by atoms with Crippen LogP contribution in [0.3, 0.4) is 0 Å². The quantitative estimate of drug-likeness (QED) is 0.820. The number of rotatable bonds is 2. The summed E-state index contributed by atoms with van der Waals surface area (Å²) in [5.74, 6) is 0. The molecule has 1 unspecified atom stereocenters. The molecule has 0 spiro atoms. The zero-order valence-electron chi connectivity index (χ0n) is 9.40. The van der Waals surface area contributed by atoms with Gasteiger partial charge in [0.15, 0.2) is 0 Å². The van der Waals surface area contributed by atoms with Crippen LogP contribution in [-0.4, -0.2) is 41.0 Å². The molecule has 94 valence electrons. The van der Waals surface area contributed by atoms with E-state index in [9.17, 15) is 4.79 Å². The first-order chi connectivity index (χ1) is 8.11. The van der Waals surface area contributed by atoms with E-state index in [0.717, 1.165) is 13.1 Å². The lowest BCUT2D eigenvalue weighted by Gasteiger charge is -2.32. The van der Waals surface area contributed by atoms with Crippen LogP contribution in [0, 0.1) is 0 Å². The van der Waals surface area contributed by atoms with Gasteiger partial charge in [0, 0.05) is 13.1 Å². The fourth-order valence-electron chi connectivity index (χ4n) is 1.80. The normalized spacial score (nSPS) is 19.2. The molecule has 0 aromatic carbocycles. The van der Waals surface area contributed by atoms with Crippen LogP contribution >= 0.6 is 23.2 Å². The Morgan fingerprint density at radius 3 is 2.71 bits per heavy atom. The summed E-state index contributed by atoms with van der Waals surface area (Å²) in [6, 6.07) is 0. The number of aromatic nitrogens is 2. The van der Waals surface area contributed by atoms with Crippen LogP contribution in [0.4, 0.5) is 0 Å². The maximum Gasteiger partial charge on any atom is 0.288 e. The van der Waals surface area contributed by atoms with Gasteiger partial charge in [-0.15, -0.1) is 0 Å². The molecule has 0 bridgehead atoms. The first kappa shape index (κ1) is 12.8. The molecule has 17 heavy (non-hydrogen) atoms. The van der Waals surface area contributed by atoms with Crippen LogP contribution in [0.5, 0.6) is 0 Å². The summed E-state index contributed by atoms with van der Waals surface area (Å²) in [7, 11) is 0. The van der Waals surface area contributed by atoms with Crippen molar-refractivity contribution in [1.29, 1.82) is 0 Å². The molecule has 0 N–H and O–H groups in total. The molecule has 1 atom stereocenters. The number of nitrogens with zero attached hydrogens (tertiary/aromatic N) is 3. The average Bonchev–Trinajstić information content (AvgIpc) is 2.36. The predicted octanol–water partition coefficient (Wildman–Crippen LogP) is 1.40. The maximum atomic E-state index is 11.9. The van der Waals surface area contributed by atoms with Crippen LogP contribution in [0.15, 0.2) is 11.0 Å². The van der Waals surface area contributed by atoms with Gasteiger partial charge in [-0.1, -0.05) is 23.2 Å². The SMILES string of the molecule is CC(N1CCOCC1)n1ncc(Cl)c(Cl)c1=O. The molecule has 7 heteroatoms. The van der Waals surface area contributed by atoms with E-state index in [1.54, 1.807) is 0 Å². The molecular weight excluding hydrogens is 265 g/mol. The summed E-state index contributed by atoms with van der Waals surface area (Å²) in [5, 5.41) is 4.22. The van der Waals surface area contributed by atoms with Gasteiger partial charge in [0.05, 0.1) is 24.4 Å². The van der Waals surface area contributed by atoms with Gasteiger partial charge in [-0.3, -0.25) is 9.69 Å². The van der Waals surface area contributed by atoms with Crippen LogP contribution in [0.25, 0.3) is 0 Å². The third-order valence-electron chi connectivity index (χ3n) is 2.83. The third-order valence-corrected chi connectivity index (χ3v) is 3.58. The van der Waals surface area contributed by atoms with Gasteiger partial charge in [0.2, 0.25) is 0 Å². The first-order valence-corrected chi connectivity index (χ1v) is 6.11. The monoisotopic (exact) mass is 277 g/mol. The Balaban J connectivity index is 2.27. The van der Waals surface area contributed by atoms with E-state index in [0.29, 0.717) is 13.2 Å². The lowest BCUT2D eigenvalue weighted by molar-refractivity contribution is -0.000831. The summed E-state index contributed by atoms with van der Waals surface area (Å²) in [4.78, 5) is 14.0. The van der Waals surface area contributed by atoms with Crippen LogP contribution in [-0.2, 0) is 4.74 Å². The Labute approximate surface area is 109 Å². The van der Waals surface area contributed by atoms with Gasteiger partial charge in [-0.25, -0.2) is 4.68 Å². The minimum Gasteiger partial charge on any atom is -0.379 e. The van der Waals surface area contributed by atoms with E-state index >= 15 is 0 Å². The number of morpholine rings is 1. The van der Waals surface area contributed by atoms with E-state index in [1.807, 2.05) is 6.92 Å². The minimum absolute atomic E-state index is 0.0155. The van der Waals surface area contributed by atoms with Crippen molar-refractivity contribution in [3.05, 3.63) is 26.6 Å². The summed E-state index contributed by atoms with van der Waals surface area (Å²) in [6.07, 6.45) is 1.24. The first-order valence-electron chi connectivity index (χ1n) is 5.36. The van der Waals surface area contributed by atoms with E-state index in [2.05, 4.69) is 10.00 Å². The Morgan fingerprint density at radius 2 is 2.06 bits per heavy atom. The van der Waals surface area contributed by atoms with Crippen molar-refractivity contribution in [1.82, 2.24) is 14.7 Å². The Morgan fingerprint density at radius 1 is 1.41 bits per heavy atom.